The molecule has 0 bridgehead atoms. The van der Waals surface area contributed by atoms with Crippen LogP contribution in [0, 0.1) is 24.1 Å². The van der Waals surface area contributed by atoms with Crippen molar-refractivity contribution in [1.29, 1.82) is 5.26 Å². The van der Waals surface area contributed by atoms with Crippen molar-refractivity contribution in [2.45, 2.75) is 38.6 Å². The molecule has 0 aliphatic heterocycles. The lowest BCUT2D eigenvalue weighted by molar-refractivity contribution is 0.0708. The summed E-state index contributed by atoms with van der Waals surface area (Å²) in [6, 6.07) is 6.36. The van der Waals surface area contributed by atoms with E-state index in [1.165, 1.54) is 12.1 Å². The highest BCUT2D eigenvalue weighted by molar-refractivity contribution is 5.96. The van der Waals surface area contributed by atoms with Crippen molar-refractivity contribution >= 4 is 5.91 Å². The molecule has 0 unspecified atom stereocenters. The van der Waals surface area contributed by atoms with E-state index in [0.717, 1.165) is 31.2 Å². The van der Waals surface area contributed by atoms with E-state index in [1.807, 2.05) is 6.07 Å². The molecular formula is C15H17FN2O. The maximum atomic E-state index is 13.3. The summed E-state index contributed by atoms with van der Waals surface area (Å²) < 4.78 is 13.3. The molecular weight excluding hydrogens is 243 g/mol. The fourth-order valence-corrected chi connectivity index (χ4v) is 2.64. The number of benzene rings is 1. The average molecular weight is 260 g/mol. The van der Waals surface area contributed by atoms with Gasteiger partial charge in [-0.3, -0.25) is 4.79 Å². The molecule has 0 N–H and O–H groups in total. The SMILES string of the molecule is Cc1ccc(F)cc1C(=O)N(CC#N)C1CCCC1. The molecule has 100 valence electrons. The first-order chi connectivity index (χ1) is 9.13. The predicted octanol–water partition coefficient (Wildman–Crippen LogP) is 3.04. The van der Waals surface area contributed by atoms with Gasteiger partial charge < -0.3 is 4.90 Å². The Balaban J connectivity index is 2.28. The Morgan fingerprint density at radius 2 is 2.16 bits per heavy atom. The molecule has 0 spiro atoms. The minimum atomic E-state index is -0.419. The van der Waals surface area contributed by atoms with Crippen LogP contribution in [0.5, 0.6) is 0 Å². The number of carbonyl (C=O) groups excluding carboxylic acids is 1. The molecule has 4 heteroatoms. The molecule has 0 heterocycles. The number of amides is 1. The second-order valence-electron chi connectivity index (χ2n) is 4.99. The topological polar surface area (TPSA) is 44.1 Å². The second-order valence-corrected chi connectivity index (χ2v) is 4.99. The highest BCUT2D eigenvalue weighted by Gasteiger charge is 2.28. The Morgan fingerprint density at radius 1 is 1.47 bits per heavy atom. The van der Waals surface area contributed by atoms with Gasteiger partial charge in [-0.25, -0.2) is 4.39 Å². The summed E-state index contributed by atoms with van der Waals surface area (Å²) in [7, 11) is 0. The van der Waals surface area contributed by atoms with E-state index in [1.54, 1.807) is 17.9 Å². The number of hydrogen-bond acceptors (Lipinski definition) is 2. The van der Waals surface area contributed by atoms with Crippen molar-refractivity contribution in [3.63, 3.8) is 0 Å². The van der Waals surface area contributed by atoms with E-state index in [2.05, 4.69) is 0 Å². The number of rotatable bonds is 3. The predicted molar refractivity (Wildman–Crippen MR) is 70.0 cm³/mol. The van der Waals surface area contributed by atoms with Gasteiger partial charge in [0.25, 0.3) is 5.91 Å². The minimum absolute atomic E-state index is 0.0689. The lowest BCUT2D eigenvalue weighted by Crippen LogP contribution is -2.39. The number of halogens is 1. The first-order valence-corrected chi connectivity index (χ1v) is 6.57. The van der Waals surface area contributed by atoms with Crippen LogP contribution in [0.4, 0.5) is 4.39 Å². The number of carbonyl (C=O) groups is 1. The Morgan fingerprint density at radius 3 is 2.79 bits per heavy atom. The van der Waals surface area contributed by atoms with E-state index in [-0.39, 0.29) is 18.5 Å². The zero-order valence-electron chi connectivity index (χ0n) is 11.0. The van der Waals surface area contributed by atoms with Gasteiger partial charge in [0, 0.05) is 11.6 Å². The highest BCUT2D eigenvalue weighted by Crippen LogP contribution is 2.25. The summed E-state index contributed by atoms with van der Waals surface area (Å²) in [5.41, 5.74) is 1.11. The van der Waals surface area contributed by atoms with Crippen LogP contribution in [0.25, 0.3) is 0 Å². The van der Waals surface area contributed by atoms with Gasteiger partial charge in [-0.15, -0.1) is 0 Å². The first-order valence-electron chi connectivity index (χ1n) is 6.57. The molecule has 0 atom stereocenters. The summed E-state index contributed by atoms with van der Waals surface area (Å²) in [5, 5.41) is 8.90. The van der Waals surface area contributed by atoms with Crippen LogP contribution in [-0.2, 0) is 0 Å². The van der Waals surface area contributed by atoms with Gasteiger partial charge in [0.05, 0.1) is 6.07 Å². The van der Waals surface area contributed by atoms with Crippen LogP contribution in [0.15, 0.2) is 18.2 Å². The first kappa shape index (κ1) is 13.5. The van der Waals surface area contributed by atoms with Gasteiger partial charge in [-0.1, -0.05) is 18.9 Å². The van der Waals surface area contributed by atoms with E-state index in [0.29, 0.717) is 5.56 Å². The Hall–Kier alpha value is -1.89. The smallest absolute Gasteiger partial charge is 0.255 e. The molecule has 1 fully saturated rings. The molecule has 1 aliphatic carbocycles. The Labute approximate surface area is 112 Å². The van der Waals surface area contributed by atoms with Crippen LogP contribution >= 0.6 is 0 Å². The maximum Gasteiger partial charge on any atom is 0.255 e. The van der Waals surface area contributed by atoms with Gasteiger partial charge in [-0.05, 0) is 37.5 Å². The molecule has 1 aromatic rings. The van der Waals surface area contributed by atoms with Crippen molar-refractivity contribution in [3.05, 3.63) is 35.1 Å². The summed E-state index contributed by atoms with van der Waals surface area (Å²) >= 11 is 0. The molecule has 0 aromatic heterocycles. The van der Waals surface area contributed by atoms with Crippen molar-refractivity contribution in [2.75, 3.05) is 6.54 Å². The van der Waals surface area contributed by atoms with Crippen molar-refractivity contribution < 1.29 is 9.18 Å². The van der Waals surface area contributed by atoms with Crippen LogP contribution in [-0.4, -0.2) is 23.4 Å². The molecule has 1 amide bonds. The van der Waals surface area contributed by atoms with Gasteiger partial charge in [-0.2, -0.15) is 5.26 Å². The van der Waals surface area contributed by atoms with Gasteiger partial charge in [0.1, 0.15) is 12.4 Å². The minimum Gasteiger partial charge on any atom is -0.322 e. The molecule has 2 rings (SSSR count). The molecule has 0 radical (unpaired) electrons. The van der Waals surface area contributed by atoms with E-state index < -0.39 is 5.82 Å². The van der Waals surface area contributed by atoms with Gasteiger partial charge in [0.15, 0.2) is 0 Å². The Bertz CT molecular complexity index is 515. The third-order valence-electron chi connectivity index (χ3n) is 3.70. The quantitative estimate of drug-likeness (QED) is 0.784. The largest absolute Gasteiger partial charge is 0.322 e. The van der Waals surface area contributed by atoms with E-state index in [9.17, 15) is 9.18 Å². The second kappa shape index (κ2) is 5.83. The summed E-state index contributed by atoms with van der Waals surface area (Å²) in [4.78, 5) is 14.1. The Kier molecular flexibility index (Phi) is 4.16. The monoisotopic (exact) mass is 260 g/mol. The molecule has 1 saturated carbocycles. The third-order valence-corrected chi connectivity index (χ3v) is 3.70. The molecule has 1 aliphatic rings. The lowest BCUT2D eigenvalue weighted by atomic mass is 10.1. The fraction of sp³-hybridized carbons (Fsp3) is 0.467. The van der Waals surface area contributed by atoms with Crippen LogP contribution in [0.3, 0.4) is 0 Å². The van der Waals surface area contributed by atoms with Crippen LogP contribution < -0.4 is 0 Å². The fourth-order valence-electron chi connectivity index (χ4n) is 2.64. The summed E-state index contributed by atoms with van der Waals surface area (Å²) in [6.45, 7) is 1.85. The van der Waals surface area contributed by atoms with Gasteiger partial charge in [0.2, 0.25) is 0 Å². The van der Waals surface area contributed by atoms with E-state index >= 15 is 0 Å². The number of hydrogen-bond donors (Lipinski definition) is 0. The molecule has 0 saturated heterocycles. The highest BCUT2D eigenvalue weighted by atomic mass is 19.1. The van der Waals surface area contributed by atoms with Crippen molar-refractivity contribution in [3.8, 4) is 6.07 Å². The summed E-state index contributed by atoms with van der Waals surface area (Å²) in [5.74, 6) is -0.650. The van der Waals surface area contributed by atoms with Crippen molar-refractivity contribution in [1.82, 2.24) is 4.90 Å². The summed E-state index contributed by atoms with van der Waals surface area (Å²) in [6.07, 6.45) is 4.04. The molecule has 3 nitrogen and oxygen atoms in total. The van der Waals surface area contributed by atoms with Crippen LogP contribution in [0.1, 0.15) is 41.6 Å². The van der Waals surface area contributed by atoms with E-state index in [4.69, 9.17) is 5.26 Å². The van der Waals surface area contributed by atoms with Crippen LogP contribution in [0.2, 0.25) is 0 Å². The molecule has 19 heavy (non-hydrogen) atoms. The number of nitriles is 1. The number of aryl methyl sites for hydroxylation is 1. The normalized spacial score (nSPS) is 15.2. The maximum absolute atomic E-state index is 13.3. The zero-order valence-corrected chi connectivity index (χ0v) is 11.0. The standard InChI is InChI=1S/C15H17FN2O/c1-11-6-7-12(16)10-14(11)15(19)18(9-8-17)13-4-2-3-5-13/h6-7,10,13H,2-5,9H2,1H3. The lowest BCUT2D eigenvalue weighted by Gasteiger charge is -2.27. The van der Waals surface area contributed by atoms with Crippen molar-refractivity contribution in [2.24, 2.45) is 0 Å². The zero-order chi connectivity index (χ0) is 13.8. The number of nitrogens with zero attached hydrogens (tertiary/aromatic N) is 2. The van der Waals surface area contributed by atoms with Gasteiger partial charge >= 0.3 is 0 Å². The average Bonchev–Trinajstić information content (AvgIpc) is 2.92. The third kappa shape index (κ3) is 2.93. The molecule has 1 aromatic carbocycles.